The quantitative estimate of drug-likeness (QED) is 0.161. The number of hydrogen-bond acceptors (Lipinski definition) is 0. The summed E-state index contributed by atoms with van der Waals surface area (Å²) < 4.78 is 0. The minimum Gasteiger partial charge on any atom is -0.0619 e. The van der Waals surface area contributed by atoms with Gasteiger partial charge in [-0.3, -0.25) is 0 Å². The second-order valence-corrected chi connectivity index (χ2v) is 24.5. The first-order valence-corrected chi connectivity index (χ1v) is 27.4. The Morgan fingerprint density at radius 3 is 0.816 bits per heavy atom. The summed E-state index contributed by atoms with van der Waals surface area (Å²) >= 11 is 0. The van der Waals surface area contributed by atoms with E-state index >= 15 is 0 Å². The molecule has 0 saturated carbocycles. The van der Waals surface area contributed by atoms with Gasteiger partial charge in [-0.05, 0) is 198 Å². The van der Waals surface area contributed by atoms with Crippen LogP contribution in [0.5, 0.6) is 0 Å². The van der Waals surface area contributed by atoms with Gasteiger partial charge in [0.15, 0.2) is 0 Å². The molecule has 0 fully saturated rings. The van der Waals surface area contributed by atoms with Gasteiger partial charge in [-0.2, -0.15) is 0 Å². The fourth-order valence-electron chi connectivity index (χ4n) is 14.5. The van der Waals surface area contributed by atoms with Crippen molar-refractivity contribution >= 4 is 10.8 Å². The van der Waals surface area contributed by atoms with E-state index in [9.17, 15) is 0 Å². The van der Waals surface area contributed by atoms with Crippen molar-refractivity contribution in [1.82, 2.24) is 0 Å². The van der Waals surface area contributed by atoms with E-state index in [0.29, 0.717) is 0 Å². The Morgan fingerprint density at radius 2 is 0.434 bits per heavy atom. The van der Waals surface area contributed by atoms with E-state index in [1.807, 2.05) is 0 Å². The lowest BCUT2D eigenvalue weighted by molar-refractivity contribution is 0.659. The van der Waals surface area contributed by atoms with E-state index < -0.39 is 0 Å². The average molecular weight is 973 g/mol. The van der Waals surface area contributed by atoms with E-state index in [-0.39, 0.29) is 21.7 Å². The van der Waals surface area contributed by atoms with Crippen molar-refractivity contribution in [2.45, 2.75) is 77.0 Å². The first-order chi connectivity index (χ1) is 36.7. The third-order valence-corrected chi connectivity index (χ3v) is 18.9. The van der Waals surface area contributed by atoms with Gasteiger partial charge in [-0.15, -0.1) is 0 Å². The van der Waals surface area contributed by atoms with Gasteiger partial charge in [0.25, 0.3) is 0 Å². The topological polar surface area (TPSA) is 0 Å². The number of benzene rings is 11. The Morgan fingerprint density at radius 1 is 0.184 bits per heavy atom. The van der Waals surface area contributed by atoms with Crippen LogP contribution in [0.15, 0.2) is 218 Å². The van der Waals surface area contributed by atoms with E-state index in [1.165, 1.54) is 155 Å². The first-order valence-electron chi connectivity index (χ1n) is 27.4. The summed E-state index contributed by atoms with van der Waals surface area (Å²) in [5, 5.41) is 2.56. The van der Waals surface area contributed by atoms with Gasteiger partial charge in [-0.25, -0.2) is 0 Å². The van der Waals surface area contributed by atoms with Gasteiger partial charge in [0.2, 0.25) is 0 Å². The molecule has 0 amide bonds. The van der Waals surface area contributed by atoms with Crippen molar-refractivity contribution in [3.63, 3.8) is 0 Å². The van der Waals surface area contributed by atoms with Crippen LogP contribution in [0.2, 0.25) is 0 Å². The van der Waals surface area contributed by atoms with Crippen LogP contribution in [0.3, 0.4) is 0 Å². The van der Waals surface area contributed by atoms with Gasteiger partial charge in [0.1, 0.15) is 0 Å². The molecule has 15 rings (SSSR count). The number of rotatable bonds is 5. The van der Waals surface area contributed by atoms with Gasteiger partial charge in [0, 0.05) is 21.7 Å². The molecule has 0 heterocycles. The Bertz CT molecular complexity index is 4310. The van der Waals surface area contributed by atoms with Gasteiger partial charge in [0.05, 0.1) is 0 Å². The summed E-state index contributed by atoms with van der Waals surface area (Å²) in [4.78, 5) is 0. The van der Waals surface area contributed by atoms with Crippen molar-refractivity contribution in [2.75, 3.05) is 0 Å². The lowest BCUT2D eigenvalue weighted by atomic mass is 9.79. The normalized spacial score (nSPS) is 15.8. The summed E-state index contributed by atoms with van der Waals surface area (Å²) in [6, 6.07) is 83.6. The molecular formula is C76H60. The monoisotopic (exact) mass is 972 g/mol. The second-order valence-electron chi connectivity index (χ2n) is 24.5. The largest absolute Gasteiger partial charge is 0.0619 e. The van der Waals surface area contributed by atoms with E-state index in [1.54, 1.807) is 0 Å². The second kappa shape index (κ2) is 15.6. The summed E-state index contributed by atoms with van der Waals surface area (Å²) in [5.41, 5.74) is 34.3. The highest BCUT2D eigenvalue weighted by molar-refractivity contribution is 5.97. The maximum Gasteiger partial charge on any atom is 0.0159 e. The Hall–Kier alpha value is -8.32. The van der Waals surface area contributed by atoms with Crippen LogP contribution in [0.4, 0.5) is 0 Å². The molecule has 76 heavy (non-hydrogen) atoms. The molecule has 0 aromatic heterocycles. The van der Waals surface area contributed by atoms with Crippen LogP contribution >= 0.6 is 0 Å². The van der Waals surface area contributed by atoms with Gasteiger partial charge < -0.3 is 0 Å². The number of hydrogen-bond donors (Lipinski definition) is 0. The predicted molar refractivity (Wildman–Crippen MR) is 321 cm³/mol. The van der Waals surface area contributed by atoms with Gasteiger partial charge in [-0.1, -0.05) is 231 Å². The van der Waals surface area contributed by atoms with Crippen LogP contribution < -0.4 is 0 Å². The van der Waals surface area contributed by atoms with Crippen molar-refractivity contribution < 1.29 is 0 Å². The molecule has 0 bridgehead atoms. The van der Waals surface area contributed by atoms with E-state index in [0.717, 1.165) is 0 Å². The molecule has 0 nitrogen and oxygen atoms in total. The lowest BCUT2D eigenvalue weighted by Crippen LogP contribution is -2.16. The van der Waals surface area contributed by atoms with Crippen molar-refractivity contribution in [3.05, 3.63) is 263 Å². The molecule has 0 saturated heterocycles. The van der Waals surface area contributed by atoms with Crippen LogP contribution in [0.1, 0.15) is 99.9 Å². The van der Waals surface area contributed by atoms with Crippen molar-refractivity contribution in [2.24, 2.45) is 0 Å². The Labute approximate surface area is 448 Å². The zero-order valence-electron chi connectivity index (χ0n) is 44.8. The zero-order chi connectivity index (χ0) is 51.6. The molecule has 0 unspecified atom stereocenters. The highest BCUT2D eigenvalue weighted by atomic mass is 14.4. The Balaban J connectivity index is 0.698. The summed E-state index contributed by atoms with van der Waals surface area (Å²) in [6.45, 7) is 19.2. The van der Waals surface area contributed by atoms with Crippen LogP contribution in [-0.4, -0.2) is 0 Å². The third-order valence-electron chi connectivity index (χ3n) is 18.9. The van der Waals surface area contributed by atoms with Crippen LogP contribution in [-0.2, 0) is 21.7 Å². The van der Waals surface area contributed by atoms with Crippen molar-refractivity contribution in [3.8, 4) is 100 Å². The lowest BCUT2D eigenvalue weighted by Gasteiger charge is -2.24. The van der Waals surface area contributed by atoms with Crippen LogP contribution in [0, 0.1) is 0 Å². The molecule has 0 heteroatoms. The minimum absolute atomic E-state index is 0.0275. The molecule has 0 N–H and O–H groups in total. The highest BCUT2D eigenvalue weighted by Gasteiger charge is 2.40. The van der Waals surface area contributed by atoms with E-state index in [2.05, 4.69) is 274 Å². The average Bonchev–Trinajstić information content (AvgIpc) is 4.03. The molecule has 0 spiro atoms. The fraction of sp³-hybridized carbons (Fsp3) is 0.158. The maximum absolute atomic E-state index is 2.49. The summed E-state index contributed by atoms with van der Waals surface area (Å²) in [7, 11) is 0. The minimum atomic E-state index is -0.162. The smallest absolute Gasteiger partial charge is 0.0159 e. The summed E-state index contributed by atoms with van der Waals surface area (Å²) in [5.74, 6) is 0. The molecule has 11 aromatic rings. The van der Waals surface area contributed by atoms with E-state index in [4.69, 9.17) is 0 Å². The predicted octanol–water partition coefficient (Wildman–Crippen LogP) is 20.4. The van der Waals surface area contributed by atoms with Crippen LogP contribution in [0.25, 0.3) is 111 Å². The molecule has 0 aliphatic heterocycles. The highest BCUT2D eigenvalue weighted by Crippen LogP contribution is 2.56. The first kappa shape index (κ1) is 45.1. The Kier molecular flexibility index (Phi) is 9.27. The molecule has 11 aromatic carbocycles. The maximum atomic E-state index is 2.49. The molecule has 364 valence electrons. The number of fused-ring (bicyclic) bond motifs is 13. The summed E-state index contributed by atoms with van der Waals surface area (Å²) in [6.07, 6.45) is 0. The standard InChI is InChI=1S/C76H60/c1-73(2)65-19-12-11-17-57(65)58-32-25-49(39-66(58)73)50-26-34-61-62-36-29-53(43-70(62)75(5,6)69(61)40-50)54-30-37-64-63-35-28-52(42-71(63)76(7,8)72(64)44-54)51-27-33-60-59-31-24-48(38-67(59)74(3,4)68(60)41-51)45-20-22-47(23-21-45)56-18-13-15-46-14-9-10-16-55(46)56/h9-44H,1-8H3. The fourth-order valence-corrected chi connectivity index (χ4v) is 14.5. The SMILES string of the molecule is CC1(C)c2ccccc2-c2ccc(-c3ccc4c(c3)C(C)(C)c3cc(-c5ccc6c(c5)C(C)(C)c5cc(-c7ccc8c(c7)C(C)(C)c7cc(-c9ccc(-c%10cccc%11ccccc%10%11)cc9)ccc7-8)ccc5-6)ccc3-4)cc21. The molecule has 0 atom stereocenters. The molecule has 0 radical (unpaired) electrons. The third kappa shape index (κ3) is 6.31. The molecule has 4 aliphatic rings. The van der Waals surface area contributed by atoms with Crippen molar-refractivity contribution in [1.29, 1.82) is 0 Å². The molecular weight excluding hydrogens is 913 g/mol. The van der Waals surface area contributed by atoms with Gasteiger partial charge >= 0.3 is 0 Å². The zero-order valence-corrected chi connectivity index (χ0v) is 44.8. The molecule has 4 aliphatic carbocycles.